The van der Waals surface area contributed by atoms with Gasteiger partial charge in [-0.25, -0.2) is 9.59 Å². The molecule has 16 nitrogen and oxygen atoms in total. The van der Waals surface area contributed by atoms with E-state index in [1.807, 2.05) is 91.9 Å². The lowest BCUT2D eigenvalue weighted by atomic mass is 10.0. The van der Waals surface area contributed by atoms with Crippen LogP contribution in [0, 0.1) is 0 Å². The highest BCUT2D eigenvalue weighted by Crippen LogP contribution is 2.30. The van der Waals surface area contributed by atoms with Crippen molar-refractivity contribution in [3.63, 3.8) is 0 Å². The van der Waals surface area contributed by atoms with E-state index in [9.17, 15) is 19.2 Å². The molecule has 0 unspecified atom stereocenters. The van der Waals surface area contributed by atoms with E-state index >= 15 is 0 Å². The number of carbonyl (C=O) groups is 4. The molecule has 0 spiro atoms. The van der Waals surface area contributed by atoms with Gasteiger partial charge in [0.15, 0.2) is 5.78 Å². The topological polar surface area (TPSA) is 208 Å². The van der Waals surface area contributed by atoms with E-state index in [-0.39, 0.29) is 25.3 Å². The fourth-order valence-electron chi connectivity index (χ4n) is 6.86. The van der Waals surface area contributed by atoms with Crippen LogP contribution in [0.2, 0.25) is 0 Å². The molecule has 392 valence electrons. The normalized spacial score (nSPS) is 11.1. The van der Waals surface area contributed by atoms with Crippen molar-refractivity contribution in [1.82, 2.24) is 19.8 Å². The van der Waals surface area contributed by atoms with Crippen LogP contribution in [0.15, 0.2) is 118 Å². The molecule has 5 N–H and O–H groups in total. The number of aromatic nitrogens is 2. The summed E-state index contributed by atoms with van der Waals surface area (Å²) in [7, 11) is 0. The number of nitrogen functional groups attached to an aromatic ring is 1. The maximum Gasteiger partial charge on any atom is 0.410 e. The summed E-state index contributed by atoms with van der Waals surface area (Å²) in [5.74, 6) is -1.14. The zero-order chi connectivity index (χ0) is 53.6. The number of fused-ring (bicyclic) bond motifs is 2. The summed E-state index contributed by atoms with van der Waals surface area (Å²) < 4.78 is 23.9. The number of carboxylic acid groups (broad SMARTS) is 1. The Morgan fingerprint density at radius 1 is 0.630 bits per heavy atom. The molecule has 0 aliphatic heterocycles. The van der Waals surface area contributed by atoms with Crippen LogP contribution in [-0.4, -0.2) is 112 Å². The van der Waals surface area contributed by atoms with Gasteiger partial charge in [-0.2, -0.15) is 0 Å². The lowest BCUT2D eigenvalue weighted by Gasteiger charge is -2.26. The van der Waals surface area contributed by atoms with Gasteiger partial charge >= 0.3 is 18.2 Å². The Morgan fingerprint density at radius 3 is 1.52 bits per heavy atom. The van der Waals surface area contributed by atoms with E-state index in [1.165, 1.54) is 10.5 Å². The fourth-order valence-corrected chi connectivity index (χ4v) is 7.56. The minimum absolute atomic E-state index is 0.0244. The summed E-state index contributed by atoms with van der Waals surface area (Å²) in [6, 6.07) is 32.0. The molecule has 4 aromatic carbocycles. The Kier molecular flexibility index (Phi) is 23.8. The summed E-state index contributed by atoms with van der Waals surface area (Å²) in [5.41, 5.74) is 12.0. The molecule has 0 atom stereocenters. The number of hydrogen-bond donors (Lipinski definition) is 4. The molecule has 2 amide bonds. The lowest BCUT2D eigenvalue weighted by molar-refractivity contribution is -0.138. The molecule has 0 aliphatic carbocycles. The van der Waals surface area contributed by atoms with Crippen molar-refractivity contribution in [3.05, 3.63) is 135 Å². The Hall–Kier alpha value is -6.34. The van der Waals surface area contributed by atoms with Gasteiger partial charge in [0.1, 0.15) is 17.7 Å². The van der Waals surface area contributed by atoms with E-state index in [2.05, 4.69) is 64.6 Å². The maximum atomic E-state index is 13.0. The van der Waals surface area contributed by atoms with Crippen molar-refractivity contribution in [1.29, 1.82) is 0 Å². The Balaban J connectivity index is 0.000000266. The number of likely N-dealkylation sites (N-methyl/N-ethyl adjacent to an activating group) is 2. The molecule has 2 heterocycles. The number of nitrogens with two attached hydrogens (primary N) is 1. The average molecular weight is 1130 g/mol. The van der Waals surface area contributed by atoms with Crippen molar-refractivity contribution < 1.29 is 43.2 Å². The molecular weight excluding hydrogens is 1060 g/mol. The van der Waals surface area contributed by atoms with Crippen molar-refractivity contribution in [2.24, 2.45) is 0 Å². The van der Waals surface area contributed by atoms with E-state index in [4.69, 9.17) is 29.8 Å². The van der Waals surface area contributed by atoms with Crippen molar-refractivity contribution >= 4 is 94.7 Å². The van der Waals surface area contributed by atoms with Crippen LogP contribution >= 0.6 is 31.9 Å². The number of ketones is 1. The molecule has 0 bridgehead atoms. The van der Waals surface area contributed by atoms with Crippen LogP contribution in [0.25, 0.3) is 21.8 Å². The Bertz CT molecular complexity index is 2720. The minimum Gasteiger partial charge on any atom is -0.480 e. The third-order valence-corrected chi connectivity index (χ3v) is 11.2. The molecule has 73 heavy (non-hydrogen) atoms. The predicted octanol–water partition coefficient (Wildman–Crippen LogP) is 11.5. The second-order valence-electron chi connectivity index (χ2n) is 18.6. The monoisotopic (exact) mass is 1130 g/mol. The largest absolute Gasteiger partial charge is 0.480 e. The molecule has 0 radical (unpaired) electrons. The van der Waals surface area contributed by atoms with Gasteiger partial charge in [-0.05, 0) is 103 Å². The number of aliphatic carboxylic acids is 1. The van der Waals surface area contributed by atoms with Crippen LogP contribution in [0.4, 0.5) is 26.7 Å². The van der Waals surface area contributed by atoms with Gasteiger partial charge in [0.2, 0.25) is 0 Å². The molecule has 0 fully saturated rings. The zero-order valence-corrected chi connectivity index (χ0v) is 46.2. The summed E-state index contributed by atoms with van der Waals surface area (Å²) in [6.45, 7) is 18.0. The van der Waals surface area contributed by atoms with Crippen molar-refractivity contribution in [2.75, 3.05) is 68.8 Å². The van der Waals surface area contributed by atoms with Gasteiger partial charge in [-0.15, -0.1) is 0 Å². The zero-order valence-electron chi connectivity index (χ0n) is 43.0. The number of ether oxygens (including phenoxy) is 4. The highest BCUT2D eigenvalue weighted by Gasteiger charge is 2.24. The SMILES string of the molecule is CCN(CC(=O)Cc1cnc2cc(Br)ccc2c1NCCOCc1ccccc1)C(=O)OC(C)(C)C.CCN(CC(=O)O)C(=O)OC(C)(C)C.Nc1cnc2cc(Br)ccc2c1NCCOCc1ccccc1. The molecule has 0 saturated carbocycles. The first-order valence-corrected chi connectivity index (χ1v) is 25.6. The van der Waals surface area contributed by atoms with Crippen LogP contribution in [0.5, 0.6) is 0 Å². The first-order chi connectivity index (χ1) is 34.7. The quantitative estimate of drug-likeness (QED) is 0.0525. The lowest BCUT2D eigenvalue weighted by Crippen LogP contribution is -2.40. The fraction of sp³-hybridized carbons (Fsp3) is 0.382. The highest BCUT2D eigenvalue weighted by molar-refractivity contribution is 9.10. The van der Waals surface area contributed by atoms with Gasteiger partial charge < -0.3 is 45.3 Å². The third kappa shape index (κ3) is 21.3. The summed E-state index contributed by atoms with van der Waals surface area (Å²) in [6.07, 6.45) is 2.47. The van der Waals surface area contributed by atoms with Crippen LogP contribution in [-0.2, 0) is 48.2 Å². The number of carboxylic acids is 1. The molecule has 0 saturated heterocycles. The van der Waals surface area contributed by atoms with Crippen molar-refractivity contribution in [2.45, 2.75) is 86.2 Å². The molecule has 2 aromatic heterocycles. The number of pyridine rings is 2. The number of amides is 2. The van der Waals surface area contributed by atoms with Crippen LogP contribution < -0.4 is 16.4 Å². The van der Waals surface area contributed by atoms with Gasteiger partial charge in [-0.1, -0.05) is 92.5 Å². The average Bonchev–Trinajstić information content (AvgIpc) is 3.33. The molecule has 0 aliphatic rings. The third-order valence-electron chi connectivity index (χ3n) is 10.2. The molecule has 18 heteroatoms. The smallest absolute Gasteiger partial charge is 0.410 e. The van der Waals surface area contributed by atoms with Crippen molar-refractivity contribution in [3.8, 4) is 0 Å². The summed E-state index contributed by atoms with van der Waals surface area (Å²) in [5, 5.41) is 17.3. The molecule has 6 aromatic rings. The number of nitrogens with one attached hydrogen (secondary N) is 2. The number of hydrogen-bond acceptors (Lipinski definition) is 13. The molecule has 6 rings (SSSR count). The van der Waals surface area contributed by atoms with E-state index in [0.717, 1.165) is 58.2 Å². The molecular formula is C55H69Br2N7O9. The number of anilines is 3. The van der Waals surface area contributed by atoms with E-state index < -0.39 is 29.4 Å². The van der Waals surface area contributed by atoms with Gasteiger partial charge in [0.25, 0.3) is 0 Å². The van der Waals surface area contributed by atoms with E-state index in [1.54, 1.807) is 60.9 Å². The number of benzene rings is 4. The van der Waals surface area contributed by atoms with E-state index in [0.29, 0.717) is 58.3 Å². The number of nitrogens with zero attached hydrogens (tertiary/aromatic N) is 4. The van der Waals surface area contributed by atoms with Gasteiger partial charge in [0, 0.05) is 69.8 Å². The standard InChI is InChI=1S/C28H34BrN3O4.C18H18BrN3O.C9H17NO4/c1-5-32(27(34)36-28(2,3)4)18-23(33)15-21-17-31-25-16-22(29)11-12-24(25)26(21)30-13-14-35-19-20-9-7-6-8-10-20;19-14-6-7-15-17(10-14)22-11-16(20)18(15)21-8-9-23-12-13-4-2-1-3-5-13;1-5-10(6-7(11)12)8(13)14-9(2,3)4/h6-12,16-17H,5,13-15,18-19H2,1-4H3,(H,30,31);1-7,10-11H,8-9,12,20H2,(H,21,22);5-6H2,1-4H3,(H,11,12). The summed E-state index contributed by atoms with van der Waals surface area (Å²) >= 11 is 6.96. The second-order valence-corrected chi connectivity index (χ2v) is 20.4. The Morgan fingerprint density at radius 2 is 1.07 bits per heavy atom. The van der Waals surface area contributed by atoms with Gasteiger partial charge in [0.05, 0.1) is 61.6 Å². The minimum atomic E-state index is -1.04. The number of Topliss-reactive ketones (excluding diaryl/α,β-unsaturated/α-hetero) is 1. The Labute approximate surface area is 445 Å². The predicted molar refractivity (Wildman–Crippen MR) is 296 cm³/mol. The first kappa shape index (κ1) is 59.2. The van der Waals surface area contributed by atoms with Crippen LogP contribution in [0.1, 0.15) is 72.1 Å². The summed E-state index contributed by atoms with van der Waals surface area (Å²) in [4.78, 5) is 58.7. The maximum absolute atomic E-state index is 13.0. The van der Waals surface area contributed by atoms with Gasteiger partial charge in [-0.3, -0.25) is 24.5 Å². The first-order valence-electron chi connectivity index (χ1n) is 24.0. The number of carbonyl (C=O) groups excluding carboxylic acids is 3. The highest BCUT2D eigenvalue weighted by atomic mass is 79.9. The number of rotatable bonds is 20. The van der Waals surface area contributed by atoms with Crippen LogP contribution in [0.3, 0.4) is 0 Å². The number of halogens is 2. The second kappa shape index (κ2) is 29.4.